The summed E-state index contributed by atoms with van der Waals surface area (Å²) in [6.07, 6.45) is 1.65. The van der Waals surface area contributed by atoms with E-state index in [1.807, 2.05) is 54.6 Å². The molecule has 27 heavy (non-hydrogen) atoms. The van der Waals surface area contributed by atoms with Crippen molar-refractivity contribution < 1.29 is 9.53 Å². The van der Waals surface area contributed by atoms with Gasteiger partial charge in [0.25, 0.3) is 5.91 Å². The molecule has 0 bridgehead atoms. The second kappa shape index (κ2) is 7.50. The fraction of sp³-hybridized carbons (Fsp3) is 0.0526. The average Bonchev–Trinajstić information content (AvgIpc) is 3.09. The van der Waals surface area contributed by atoms with Gasteiger partial charge in [-0.1, -0.05) is 52.3 Å². The number of halogens is 1. The van der Waals surface area contributed by atoms with Gasteiger partial charge in [-0.3, -0.25) is 10.2 Å². The first-order chi connectivity index (χ1) is 13.1. The zero-order valence-electron chi connectivity index (χ0n) is 13.9. The Morgan fingerprint density at radius 3 is 2.67 bits per heavy atom. The second-order valence-electron chi connectivity index (χ2n) is 5.64. The number of benzene rings is 2. The number of ether oxygens (including phenoxy) is 1. The molecule has 0 aliphatic carbocycles. The van der Waals surface area contributed by atoms with Crippen molar-refractivity contribution in [2.24, 2.45) is 10.1 Å². The monoisotopic (exact) mass is 440 g/mol. The molecule has 134 valence electrons. The summed E-state index contributed by atoms with van der Waals surface area (Å²) in [7, 11) is 0. The molecular formula is C19H13BrN4O2S. The number of para-hydroxylation sites is 1. The van der Waals surface area contributed by atoms with Crippen LogP contribution in [0.2, 0.25) is 0 Å². The molecule has 0 unspecified atom stereocenters. The highest BCUT2D eigenvalue weighted by Crippen LogP contribution is 2.29. The quantitative estimate of drug-likeness (QED) is 0.724. The van der Waals surface area contributed by atoms with Gasteiger partial charge in [0, 0.05) is 4.47 Å². The topological polar surface area (TPSA) is 78.1 Å². The number of amidine groups is 2. The summed E-state index contributed by atoms with van der Waals surface area (Å²) in [6, 6.07) is 16.9. The minimum atomic E-state index is -0.449. The minimum Gasteiger partial charge on any atom is -0.487 e. The summed E-state index contributed by atoms with van der Waals surface area (Å²) in [5, 5.41) is 15.2. The number of amides is 1. The van der Waals surface area contributed by atoms with Crippen molar-refractivity contribution in [2.45, 2.75) is 0 Å². The van der Waals surface area contributed by atoms with Crippen molar-refractivity contribution in [1.29, 1.82) is 5.41 Å². The number of carbonyl (C=O) groups is 1. The summed E-state index contributed by atoms with van der Waals surface area (Å²) in [6.45, 7) is 0.245. The Morgan fingerprint density at radius 1 is 1.15 bits per heavy atom. The smallest absolute Gasteiger partial charge is 0.283 e. The molecule has 1 N–H and O–H groups in total. The molecule has 2 aliphatic rings. The molecule has 0 saturated carbocycles. The number of carbonyl (C=O) groups excluding carboxylic acids is 1. The number of fused-ring (bicyclic) bond motifs is 1. The molecule has 4 rings (SSSR count). The number of thioether (sulfide) groups is 1. The molecule has 1 amide bonds. The maximum absolute atomic E-state index is 12.4. The van der Waals surface area contributed by atoms with Crippen LogP contribution >= 0.6 is 27.7 Å². The van der Waals surface area contributed by atoms with E-state index >= 15 is 0 Å². The Hall–Kier alpha value is -2.71. The first kappa shape index (κ1) is 17.7. The lowest BCUT2D eigenvalue weighted by atomic mass is 10.1. The predicted molar refractivity (Wildman–Crippen MR) is 111 cm³/mol. The summed E-state index contributed by atoms with van der Waals surface area (Å²) in [5.74, 6) is 0.283. The number of nitrogens with one attached hydrogen (secondary N) is 1. The van der Waals surface area contributed by atoms with Crippen LogP contribution in [0.5, 0.6) is 5.75 Å². The van der Waals surface area contributed by atoms with Crippen LogP contribution in [-0.2, 0) is 4.79 Å². The van der Waals surface area contributed by atoms with Crippen molar-refractivity contribution in [3.63, 3.8) is 0 Å². The van der Waals surface area contributed by atoms with Crippen LogP contribution in [0.4, 0.5) is 0 Å². The Morgan fingerprint density at radius 2 is 1.89 bits per heavy atom. The Labute approximate surface area is 168 Å². The predicted octanol–water partition coefficient (Wildman–Crippen LogP) is 4.15. The highest BCUT2D eigenvalue weighted by Gasteiger charge is 2.35. The van der Waals surface area contributed by atoms with E-state index in [0.717, 1.165) is 15.8 Å². The second-order valence-corrected chi connectivity index (χ2v) is 7.53. The van der Waals surface area contributed by atoms with E-state index < -0.39 is 5.91 Å². The van der Waals surface area contributed by atoms with Crippen LogP contribution in [0.15, 0.2) is 74.7 Å². The third-order valence-electron chi connectivity index (χ3n) is 3.81. The van der Waals surface area contributed by atoms with Crippen molar-refractivity contribution in [1.82, 2.24) is 5.01 Å². The lowest BCUT2D eigenvalue weighted by molar-refractivity contribution is -0.114. The molecule has 2 aromatic rings. The molecule has 0 saturated heterocycles. The Bertz CT molecular complexity index is 1020. The van der Waals surface area contributed by atoms with Gasteiger partial charge in [0.2, 0.25) is 5.17 Å². The molecule has 2 heterocycles. The van der Waals surface area contributed by atoms with E-state index in [9.17, 15) is 4.79 Å². The van der Waals surface area contributed by atoms with Gasteiger partial charge in [0.15, 0.2) is 5.84 Å². The molecule has 0 aromatic heterocycles. The van der Waals surface area contributed by atoms with Crippen LogP contribution in [0, 0.1) is 5.41 Å². The van der Waals surface area contributed by atoms with Gasteiger partial charge < -0.3 is 4.74 Å². The van der Waals surface area contributed by atoms with Gasteiger partial charge in [-0.2, -0.15) is 15.1 Å². The Kier molecular flexibility index (Phi) is 4.91. The number of aliphatic imine (C=N–C) groups is 1. The summed E-state index contributed by atoms with van der Waals surface area (Å²) in [4.78, 5) is 16.5. The highest BCUT2D eigenvalue weighted by molar-refractivity contribution is 9.10. The van der Waals surface area contributed by atoms with Crippen molar-refractivity contribution in [3.8, 4) is 5.75 Å². The van der Waals surface area contributed by atoms with E-state index in [2.05, 4.69) is 26.0 Å². The lowest BCUT2D eigenvalue weighted by Gasteiger charge is -2.20. The summed E-state index contributed by atoms with van der Waals surface area (Å²) >= 11 is 4.68. The van der Waals surface area contributed by atoms with E-state index in [-0.39, 0.29) is 18.0 Å². The molecule has 2 aromatic carbocycles. The zero-order chi connectivity index (χ0) is 18.8. The van der Waals surface area contributed by atoms with Crippen molar-refractivity contribution in [3.05, 3.63) is 70.2 Å². The molecule has 6 nitrogen and oxygen atoms in total. The van der Waals surface area contributed by atoms with Gasteiger partial charge in [-0.25, -0.2) is 0 Å². The van der Waals surface area contributed by atoms with E-state index in [1.165, 1.54) is 16.8 Å². The zero-order valence-corrected chi connectivity index (χ0v) is 16.3. The molecule has 8 heteroatoms. The molecular weight excluding hydrogens is 428 g/mol. The number of nitrogens with zero attached hydrogens (tertiary/aromatic N) is 3. The third kappa shape index (κ3) is 3.72. The number of hydrogen-bond acceptors (Lipinski definition) is 5. The highest BCUT2D eigenvalue weighted by atomic mass is 79.9. The first-order valence-corrected chi connectivity index (χ1v) is 9.64. The maximum Gasteiger partial charge on any atom is 0.283 e. The van der Waals surface area contributed by atoms with Gasteiger partial charge >= 0.3 is 0 Å². The standard InChI is InChI=1S/C19H13BrN4O2S/c20-15-9-5-4-6-12(15)10-14-17(21)24-19(22-18(14)25)27-16(23-24)11-26-13-7-2-1-3-8-13/h1-10,21H,11H2/b14-10-,21-17?. The largest absolute Gasteiger partial charge is 0.487 e. The number of hydrogen-bond donors (Lipinski definition) is 1. The number of rotatable bonds is 4. The van der Waals surface area contributed by atoms with Crippen LogP contribution in [0.1, 0.15) is 5.56 Å². The maximum atomic E-state index is 12.4. The van der Waals surface area contributed by atoms with Gasteiger partial charge in [-0.15, -0.1) is 0 Å². The summed E-state index contributed by atoms with van der Waals surface area (Å²) in [5.41, 5.74) is 0.993. The van der Waals surface area contributed by atoms with Crippen molar-refractivity contribution >= 4 is 55.7 Å². The third-order valence-corrected chi connectivity index (χ3v) is 5.41. The van der Waals surface area contributed by atoms with Crippen LogP contribution in [-0.4, -0.2) is 33.6 Å². The van der Waals surface area contributed by atoms with Crippen LogP contribution in [0.25, 0.3) is 6.08 Å². The van der Waals surface area contributed by atoms with Gasteiger partial charge in [0.1, 0.15) is 17.4 Å². The fourth-order valence-electron chi connectivity index (χ4n) is 2.50. The molecule has 2 aliphatic heterocycles. The summed E-state index contributed by atoms with van der Waals surface area (Å²) < 4.78 is 6.52. The molecule has 0 spiro atoms. The van der Waals surface area contributed by atoms with E-state index in [1.54, 1.807) is 6.08 Å². The van der Waals surface area contributed by atoms with E-state index in [4.69, 9.17) is 10.1 Å². The normalized spacial score (nSPS) is 17.7. The van der Waals surface area contributed by atoms with Gasteiger partial charge in [-0.05, 0) is 41.6 Å². The molecule has 0 fully saturated rings. The van der Waals surface area contributed by atoms with Crippen molar-refractivity contribution in [2.75, 3.05) is 6.61 Å². The first-order valence-electron chi connectivity index (χ1n) is 8.03. The van der Waals surface area contributed by atoms with Gasteiger partial charge in [0.05, 0.1) is 5.57 Å². The Balaban J connectivity index is 1.55. The van der Waals surface area contributed by atoms with E-state index in [0.29, 0.717) is 10.2 Å². The molecule has 0 atom stereocenters. The van der Waals surface area contributed by atoms with Crippen LogP contribution < -0.4 is 4.74 Å². The number of hydrazone groups is 1. The SMILES string of the molecule is N=C1/C(=C/c2ccccc2Br)C(=O)N=C2SC(COc3ccccc3)=NN12. The average molecular weight is 441 g/mol. The lowest BCUT2D eigenvalue weighted by Crippen LogP contribution is -2.35. The molecule has 0 radical (unpaired) electrons. The van der Waals surface area contributed by atoms with Crippen LogP contribution in [0.3, 0.4) is 0 Å². The fourth-order valence-corrected chi connectivity index (χ4v) is 3.70. The minimum absolute atomic E-state index is 0.00274.